The third-order valence-corrected chi connectivity index (χ3v) is 4.84. The van der Waals surface area contributed by atoms with Crippen LogP contribution in [0.2, 0.25) is 0 Å². The number of aliphatic carboxylic acids is 1. The molecule has 0 heterocycles. The van der Waals surface area contributed by atoms with E-state index in [1.54, 1.807) is 13.0 Å². The molecule has 8 nitrogen and oxygen atoms in total. The predicted octanol–water partition coefficient (Wildman–Crippen LogP) is 1.10. The Hall–Kier alpha value is -2.68. The lowest BCUT2D eigenvalue weighted by Gasteiger charge is -2.42. The highest BCUT2D eigenvalue weighted by Gasteiger charge is 2.34. The first-order valence-electron chi connectivity index (χ1n) is 9.34. The van der Waals surface area contributed by atoms with Gasteiger partial charge in [0.2, 0.25) is 0 Å². The van der Waals surface area contributed by atoms with Crippen molar-refractivity contribution >= 4 is 17.9 Å². The number of carboxylic acid groups (broad SMARTS) is 1. The van der Waals surface area contributed by atoms with Gasteiger partial charge in [-0.15, -0.1) is 0 Å². The van der Waals surface area contributed by atoms with Gasteiger partial charge < -0.3 is 21.1 Å². The number of benzene rings is 1. The van der Waals surface area contributed by atoms with Gasteiger partial charge in [-0.25, -0.2) is 9.18 Å². The summed E-state index contributed by atoms with van der Waals surface area (Å²) in [6.45, 7) is 4.65. The van der Waals surface area contributed by atoms with Gasteiger partial charge in [0.15, 0.2) is 0 Å². The second-order valence-corrected chi connectivity index (χ2v) is 6.90. The number of amides is 3. The number of urea groups is 1. The summed E-state index contributed by atoms with van der Waals surface area (Å²) < 4.78 is 13.5. The van der Waals surface area contributed by atoms with Crippen LogP contribution in [-0.2, 0) is 4.79 Å². The standard InChI is InChI=1S/C19H27FN4O4/c1-3-24(11-17(25)26)15-9-14(10-15)23-19(28)22-7-6-21-18(27)13-5-4-12(2)16(20)8-13/h4-5,8,14-15H,3,6-7,9-11H2,1-2H3,(H,21,27)(H,25,26)(H2,22,23,28). The third-order valence-electron chi connectivity index (χ3n) is 4.84. The summed E-state index contributed by atoms with van der Waals surface area (Å²) in [5, 5.41) is 17.0. The zero-order valence-electron chi connectivity index (χ0n) is 16.1. The highest BCUT2D eigenvalue weighted by molar-refractivity contribution is 5.94. The van der Waals surface area contributed by atoms with Crippen molar-refractivity contribution in [3.63, 3.8) is 0 Å². The number of halogens is 1. The van der Waals surface area contributed by atoms with Gasteiger partial charge in [-0.1, -0.05) is 13.0 Å². The summed E-state index contributed by atoms with van der Waals surface area (Å²) in [4.78, 5) is 36.5. The molecule has 0 radical (unpaired) electrons. The van der Waals surface area contributed by atoms with Gasteiger partial charge in [-0.2, -0.15) is 0 Å². The van der Waals surface area contributed by atoms with Gasteiger partial charge in [0.05, 0.1) is 6.54 Å². The van der Waals surface area contributed by atoms with E-state index >= 15 is 0 Å². The Morgan fingerprint density at radius 3 is 2.50 bits per heavy atom. The number of rotatable bonds is 9. The maximum atomic E-state index is 13.5. The number of carbonyl (C=O) groups excluding carboxylic acids is 2. The zero-order chi connectivity index (χ0) is 20.7. The molecule has 1 aromatic rings. The number of carboxylic acids is 1. The van der Waals surface area contributed by atoms with Crippen molar-refractivity contribution in [2.24, 2.45) is 0 Å². The Morgan fingerprint density at radius 1 is 1.21 bits per heavy atom. The molecule has 1 fully saturated rings. The van der Waals surface area contributed by atoms with Crippen LogP contribution in [0.4, 0.5) is 9.18 Å². The van der Waals surface area contributed by atoms with E-state index in [1.807, 2.05) is 11.8 Å². The van der Waals surface area contributed by atoms with Gasteiger partial charge in [-0.05, 0) is 44.0 Å². The molecule has 1 aromatic carbocycles. The Balaban J connectivity index is 1.61. The van der Waals surface area contributed by atoms with Gasteiger partial charge in [-0.3, -0.25) is 14.5 Å². The molecular formula is C19H27FN4O4. The van der Waals surface area contributed by atoms with E-state index in [2.05, 4.69) is 16.0 Å². The summed E-state index contributed by atoms with van der Waals surface area (Å²) in [5.41, 5.74) is 0.702. The van der Waals surface area contributed by atoms with Crippen LogP contribution < -0.4 is 16.0 Å². The van der Waals surface area contributed by atoms with Crippen LogP contribution in [0.3, 0.4) is 0 Å². The molecule has 1 aliphatic rings. The molecule has 154 valence electrons. The van der Waals surface area contributed by atoms with Crippen molar-refractivity contribution in [2.75, 3.05) is 26.2 Å². The van der Waals surface area contributed by atoms with Crippen molar-refractivity contribution in [2.45, 2.75) is 38.8 Å². The molecule has 0 bridgehead atoms. The Labute approximate surface area is 163 Å². The topological polar surface area (TPSA) is 111 Å². The quantitative estimate of drug-likeness (QED) is 0.469. The Bertz CT molecular complexity index is 722. The van der Waals surface area contributed by atoms with E-state index in [0.29, 0.717) is 24.9 Å². The summed E-state index contributed by atoms with van der Waals surface area (Å²) in [5.74, 6) is -1.69. The fourth-order valence-electron chi connectivity index (χ4n) is 3.10. The molecule has 0 aliphatic heterocycles. The fourth-order valence-corrected chi connectivity index (χ4v) is 3.10. The molecule has 3 amide bonds. The average molecular weight is 394 g/mol. The van der Waals surface area contributed by atoms with Crippen molar-refractivity contribution < 1.29 is 23.9 Å². The highest BCUT2D eigenvalue weighted by Crippen LogP contribution is 2.25. The molecule has 0 spiro atoms. The molecule has 0 atom stereocenters. The molecule has 0 saturated heterocycles. The molecule has 1 saturated carbocycles. The molecule has 28 heavy (non-hydrogen) atoms. The third kappa shape index (κ3) is 6.19. The van der Waals surface area contributed by atoms with E-state index < -0.39 is 17.7 Å². The lowest BCUT2D eigenvalue weighted by Crippen LogP contribution is -2.56. The molecule has 0 aromatic heterocycles. The normalized spacial score (nSPS) is 18.3. The first kappa shape index (κ1) is 21.6. The monoisotopic (exact) mass is 394 g/mol. The number of nitrogens with zero attached hydrogens (tertiary/aromatic N) is 1. The zero-order valence-corrected chi connectivity index (χ0v) is 16.1. The minimum Gasteiger partial charge on any atom is -0.480 e. The molecule has 2 rings (SSSR count). The predicted molar refractivity (Wildman–Crippen MR) is 102 cm³/mol. The first-order chi connectivity index (χ1) is 13.3. The van der Waals surface area contributed by atoms with Crippen LogP contribution in [0.15, 0.2) is 18.2 Å². The van der Waals surface area contributed by atoms with Gasteiger partial charge in [0.25, 0.3) is 5.91 Å². The summed E-state index contributed by atoms with van der Waals surface area (Å²) in [7, 11) is 0. The molecule has 0 unspecified atom stereocenters. The summed E-state index contributed by atoms with van der Waals surface area (Å²) in [6, 6.07) is 4.11. The average Bonchev–Trinajstić information content (AvgIpc) is 2.61. The van der Waals surface area contributed by atoms with Gasteiger partial charge in [0.1, 0.15) is 5.82 Å². The number of nitrogens with one attached hydrogen (secondary N) is 3. The lowest BCUT2D eigenvalue weighted by atomic mass is 9.85. The second kappa shape index (κ2) is 10.0. The Morgan fingerprint density at radius 2 is 1.89 bits per heavy atom. The number of carbonyl (C=O) groups is 3. The van der Waals surface area contributed by atoms with E-state index in [0.717, 1.165) is 0 Å². The van der Waals surface area contributed by atoms with Crippen molar-refractivity contribution in [1.82, 2.24) is 20.9 Å². The van der Waals surface area contributed by atoms with Crippen LogP contribution in [0, 0.1) is 12.7 Å². The number of aryl methyl sites for hydroxylation is 1. The van der Waals surface area contributed by atoms with E-state index in [1.165, 1.54) is 12.1 Å². The second-order valence-electron chi connectivity index (χ2n) is 6.90. The maximum absolute atomic E-state index is 13.5. The first-order valence-corrected chi connectivity index (χ1v) is 9.34. The smallest absolute Gasteiger partial charge is 0.317 e. The maximum Gasteiger partial charge on any atom is 0.317 e. The van der Waals surface area contributed by atoms with E-state index in [4.69, 9.17) is 5.11 Å². The Kier molecular flexibility index (Phi) is 7.74. The fraction of sp³-hybridized carbons (Fsp3) is 0.526. The number of likely N-dealkylation sites (N-methyl/N-ethyl adjacent to an activating group) is 1. The summed E-state index contributed by atoms with van der Waals surface area (Å²) in [6.07, 6.45) is 1.43. The van der Waals surface area contributed by atoms with Crippen molar-refractivity contribution in [3.8, 4) is 0 Å². The van der Waals surface area contributed by atoms with Gasteiger partial charge in [0, 0.05) is 30.7 Å². The highest BCUT2D eigenvalue weighted by atomic mass is 19.1. The molecule has 1 aliphatic carbocycles. The summed E-state index contributed by atoms with van der Waals surface area (Å²) >= 11 is 0. The minimum atomic E-state index is -0.855. The van der Waals surface area contributed by atoms with Crippen LogP contribution in [0.1, 0.15) is 35.7 Å². The molecule has 9 heteroatoms. The lowest BCUT2D eigenvalue weighted by molar-refractivity contribution is -0.139. The molecular weight excluding hydrogens is 367 g/mol. The SMILES string of the molecule is CCN(CC(=O)O)C1CC(NC(=O)NCCNC(=O)c2ccc(C)c(F)c2)C1. The van der Waals surface area contributed by atoms with Crippen LogP contribution in [0.5, 0.6) is 0 Å². The van der Waals surface area contributed by atoms with E-state index in [9.17, 15) is 18.8 Å². The van der Waals surface area contributed by atoms with Crippen molar-refractivity contribution in [1.29, 1.82) is 0 Å². The minimum absolute atomic E-state index is 0.00463. The van der Waals surface area contributed by atoms with Gasteiger partial charge >= 0.3 is 12.0 Å². The number of hydrogen-bond acceptors (Lipinski definition) is 4. The van der Waals surface area contributed by atoms with Crippen LogP contribution in [0.25, 0.3) is 0 Å². The largest absolute Gasteiger partial charge is 0.480 e. The molecule has 4 N–H and O–H groups in total. The van der Waals surface area contributed by atoms with E-state index in [-0.39, 0.29) is 43.3 Å². The van der Waals surface area contributed by atoms with Crippen LogP contribution >= 0.6 is 0 Å². The van der Waals surface area contributed by atoms with Crippen molar-refractivity contribution in [3.05, 3.63) is 35.1 Å². The number of hydrogen-bond donors (Lipinski definition) is 4. The van der Waals surface area contributed by atoms with Crippen LogP contribution in [-0.4, -0.2) is 66.2 Å².